The zero-order chi connectivity index (χ0) is 16.5. The zero-order valence-corrected chi connectivity index (χ0v) is 15.6. The van der Waals surface area contributed by atoms with Crippen LogP contribution in [-0.2, 0) is 13.6 Å². The van der Waals surface area contributed by atoms with E-state index >= 15 is 0 Å². The van der Waals surface area contributed by atoms with Crippen LogP contribution in [0.3, 0.4) is 0 Å². The lowest BCUT2D eigenvalue weighted by atomic mass is 10.1. The summed E-state index contributed by atoms with van der Waals surface area (Å²) in [6.07, 6.45) is 5.70. The normalized spacial score (nSPS) is 18.2. The molecule has 1 N–H and O–H groups in total. The van der Waals surface area contributed by atoms with Gasteiger partial charge in [-0.3, -0.25) is 9.88 Å². The van der Waals surface area contributed by atoms with Crippen molar-refractivity contribution in [1.29, 1.82) is 0 Å². The molecule has 1 unspecified atom stereocenters. The van der Waals surface area contributed by atoms with E-state index in [4.69, 9.17) is 11.6 Å². The smallest absolute Gasteiger partial charge is 0.127 e. The van der Waals surface area contributed by atoms with Crippen LogP contribution in [0.4, 0.5) is 0 Å². The van der Waals surface area contributed by atoms with Crippen LogP contribution in [0.2, 0.25) is 5.02 Å². The van der Waals surface area contributed by atoms with Gasteiger partial charge in [-0.25, -0.2) is 4.98 Å². The van der Waals surface area contributed by atoms with Crippen LogP contribution >= 0.6 is 24.0 Å². The lowest BCUT2D eigenvalue weighted by Crippen LogP contribution is -2.46. The van der Waals surface area contributed by atoms with Gasteiger partial charge in [0.05, 0.1) is 11.6 Å². The second-order valence-corrected chi connectivity index (χ2v) is 6.66. The Kier molecular flexibility index (Phi) is 5.59. The maximum absolute atomic E-state index is 6.33. The van der Waals surface area contributed by atoms with E-state index in [-0.39, 0.29) is 18.4 Å². The molecule has 1 atom stereocenters. The van der Waals surface area contributed by atoms with E-state index in [1.165, 1.54) is 5.56 Å². The van der Waals surface area contributed by atoms with Crippen LogP contribution in [0, 0.1) is 0 Å². The minimum atomic E-state index is 0. The molecule has 0 saturated carbocycles. The maximum Gasteiger partial charge on any atom is 0.127 e. The number of nitrogens with one attached hydrogen (secondary N) is 1. The van der Waals surface area contributed by atoms with Crippen molar-refractivity contribution in [2.75, 3.05) is 19.6 Å². The number of nitrogens with zero attached hydrogens (tertiary/aromatic N) is 4. The monoisotopic (exact) mass is 377 g/mol. The minimum Gasteiger partial charge on any atom is -0.337 e. The fourth-order valence-corrected chi connectivity index (χ4v) is 3.70. The molecule has 2 aromatic heterocycles. The Bertz CT molecular complexity index is 864. The lowest BCUT2D eigenvalue weighted by molar-refractivity contribution is 0.145. The average molecular weight is 378 g/mol. The van der Waals surface area contributed by atoms with Gasteiger partial charge in [0.1, 0.15) is 5.82 Å². The summed E-state index contributed by atoms with van der Waals surface area (Å²) in [6.45, 7) is 3.66. The SMILES string of the molecule is Cl.Cn1ccnc1C1CNCCN1Cc1cc(Cl)cc2cccnc12. The van der Waals surface area contributed by atoms with Gasteiger partial charge >= 0.3 is 0 Å². The number of benzene rings is 1. The number of hydrogen-bond acceptors (Lipinski definition) is 4. The summed E-state index contributed by atoms with van der Waals surface area (Å²) in [5, 5.41) is 5.32. The van der Waals surface area contributed by atoms with Crippen LogP contribution in [0.5, 0.6) is 0 Å². The molecule has 1 aliphatic heterocycles. The summed E-state index contributed by atoms with van der Waals surface area (Å²) in [4.78, 5) is 11.6. The van der Waals surface area contributed by atoms with Gasteiger partial charge in [-0.15, -0.1) is 12.4 Å². The zero-order valence-electron chi connectivity index (χ0n) is 14.0. The highest BCUT2D eigenvalue weighted by Gasteiger charge is 2.27. The van der Waals surface area contributed by atoms with E-state index in [2.05, 4.69) is 30.8 Å². The molecule has 1 saturated heterocycles. The number of piperazine rings is 1. The van der Waals surface area contributed by atoms with Gasteiger partial charge in [-0.05, 0) is 23.8 Å². The molecule has 1 aromatic carbocycles. The predicted octanol–water partition coefficient (Wildman–Crippen LogP) is 3.19. The van der Waals surface area contributed by atoms with Gasteiger partial charge in [0.2, 0.25) is 0 Å². The van der Waals surface area contributed by atoms with Crippen molar-refractivity contribution in [2.45, 2.75) is 12.6 Å². The minimum absolute atomic E-state index is 0. The molecular weight excluding hydrogens is 357 g/mol. The average Bonchev–Trinajstić information content (AvgIpc) is 3.01. The third kappa shape index (κ3) is 3.65. The molecule has 0 bridgehead atoms. The van der Waals surface area contributed by atoms with E-state index in [1.54, 1.807) is 0 Å². The van der Waals surface area contributed by atoms with Crippen molar-refractivity contribution in [2.24, 2.45) is 7.05 Å². The largest absolute Gasteiger partial charge is 0.337 e. The van der Waals surface area contributed by atoms with Crippen molar-refractivity contribution in [3.05, 3.63) is 59.3 Å². The third-order valence-corrected chi connectivity index (χ3v) is 4.85. The molecule has 0 aliphatic carbocycles. The number of aryl methyl sites for hydroxylation is 1. The molecular formula is C18H21Cl2N5. The maximum atomic E-state index is 6.33. The summed E-state index contributed by atoms with van der Waals surface area (Å²) in [5.74, 6) is 1.08. The first-order valence-corrected chi connectivity index (χ1v) is 8.55. The molecule has 0 amide bonds. The van der Waals surface area contributed by atoms with Crippen LogP contribution in [-0.4, -0.2) is 39.1 Å². The van der Waals surface area contributed by atoms with E-state index in [9.17, 15) is 0 Å². The van der Waals surface area contributed by atoms with Gasteiger partial charge in [0, 0.05) is 62.2 Å². The molecule has 1 aliphatic rings. The topological polar surface area (TPSA) is 46.0 Å². The number of pyridine rings is 1. The molecule has 1 fully saturated rings. The quantitative estimate of drug-likeness (QED) is 0.761. The Hall–Kier alpha value is -1.66. The number of halogens is 2. The highest BCUT2D eigenvalue weighted by Crippen LogP contribution is 2.27. The van der Waals surface area contributed by atoms with Gasteiger partial charge in [0.15, 0.2) is 0 Å². The van der Waals surface area contributed by atoms with Crippen molar-refractivity contribution in [3.8, 4) is 0 Å². The summed E-state index contributed by atoms with van der Waals surface area (Å²) in [7, 11) is 2.05. The summed E-state index contributed by atoms with van der Waals surface area (Å²) in [5.41, 5.74) is 2.19. The Morgan fingerprint density at radius 1 is 1.28 bits per heavy atom. The highest BCUT2D eigenvalue weighted by molar-refractivity contribution is 6.31. The van der Waals surface area contributed by atoms with E-state index < -0.39 is 0 Å². The third-order valence-electron chi connectivity index (χ3n) is 4.63. The van der Waals surface area contributed by atoms with Crippen LogP contribution < -0.4 is 5.32 Å². The van der Waals surface area contributed by atoms with Crippen molar-refractivity contribution >= 4 is 34.9 Å². The first-order chi connectivity index (χ1) is 11.7. The van der Waals surface area contributed by atoms with Gasteiger partial charge in [0.25, 0.3) is 0 Å². The first-order valence-electron chi connectivity index (χ1n) is 8.17. The molecule has 3 heterocycles. The molecule has 132 valence electrons. The predicted molar refractivity (Wildman–Crippen MR) is 103 cm³/mol. The fraction of sp³-hybridized carbons (Fsp3) is 0.333. The van der Waals surface area contributed by atoms with Crippen LogP contribution in [0.1, 0.15) is 17.4 Å². The second kappa shape index (κ2) is 7.70. The number of imidazole rings is 1. The van der Waals surface area contributed by atoms with Gasteiger partial charge < -0.3 is 9.88 Å². The van der Waals surface area contributed by atoms with Gasteiger partial charge in [-0.1, -0.05) is 17.7 Å². The number of aromatic nitrogens is 3. The first kappa shape index (κ1) is 18.1. The number of fused-ring (bicyclic) bond motifs is 1. The highest BCUT2D eigenvalue weighted by atomic mass is 35.5. The number of rotatable bonds is 3. The second-order valence-electron chi connectivity index (χ2n) is 6.23. The molecule has 7 heteroatoms. The van der Waals surface area contributed by atoms with E-state index in [0.717, 1.165) is 47.9 Å². The Morgan fingerprint density at radius 3 is 2.96 bits per heavy atom. The Balaban J connectivity index is 0.00000182. The molecule has 0 radical (unpaired) electrons. The number of hydrogen-bond donors (Lipinski definition) is 1. The van der Waals surface area contributed by atoms with E-state index in [1.807, 2.05) is 43.8 Å². The lowest BCUT2D eigenvalue weighted by Gasteiger charge is -2.35. The summed E-state index contributed by atoms with van der Waals surface area (Å²) in [6, 6.07) is 8.27. The molecule has 5 nitrogen and oxygen atoms in total. The molecule has 3 aromatic rings. The van der Waals surface area contributed by atoms with E-state index in [0.29, 0.717) is 0 Å². The standard InChI is InChI=1S/C18H20ClN5.ClH/c1-23-7-6-22-18(23)16-11-20-5-8-24(16)12-14-10-15(19)9-13-3-2-4-21-17(13)14;/h2-4,6-7,9-10,16,20H,5,8,11-12H2,1H3;1H. The molecule has 0 spiro atoms. The Morgan fingerprint density at radius 2 is 2.16 bits per heavy atom. The van der Waals surface area contributed by atoms with Crippen LogP contribution in [0.25, 0.3) is 10.9 Å². The van der Waals surface area contributed by atoms with Crippen molar-refractivity contribution in [3.63, 3.8) is 0 Å². The van der Waals surface area contributed by atoms with Crippen molar-refractivity contribution in [1.82, 2.24) is 24.8 Å². The molecule has 25 heavy (non-hydrogen) atoms. The van der Waals surface area contributed by atoms with Crippen LogP contribution in [0.15, 0.2) is 42.9 Å². The Labute approximate surface area is 158 Å². The fourth-order valence-electron chi connectivity index (χ4n) is 3.46. The van der Waals surface area contributed by atoms with Crippen molar-refractivity contribution < 1.29 is 0 Å². The summed E-state index contributed by atoms with van der Waals surface area (Å²) < 4.78 is 2.10. The van der Waals surface area contributed by atoms with Gasteiger partial charge in [-0.2, -0.15) is 0 Å². The molecule has 4 rings (SSSR count). The summed E-state index contributed by atoms with van der Waals surface area (Å²) >= 11 is 6.33.